The second-order valence-corrected chi connectivity index (χ2v) is 8.19. The fraction of sp³-hybridized carbons (Fsp3) is 0.611. The van der Waals surface area contributed by atoms with Crippen LogP contribution in [0.4, 0.5) is 0 Å². The number of halogens is 1. The summed E-state index contributed by atoms with van der Waals surface area (Å²) >= 11 is 7.95. The van der Waals surface area contributed by atoms with E-state index < -0.39 is 0 Å². The van der Waals surface area contributed by atoms with Crippen LogP contribution in [0.2, 0.25) is 5.02 Å². The summed E-state index contributed by atoms with van der Waals surface area (Å²) in [5.74, 6) is 2.29. The molecule has 0 radical (unpaired) electrons. The Morgan fingerprint density at radius 1 is 1.33 bits per heavy atom. The van der Waals surface area contributed by atoms with Gasteiger partial charge in [0.1, 0.15) is 0 Å². The molecular weight excluding hydrogens is 344 g/mol. The minimum absolute atomic E-state index is 0.0484. The van der Waals surface area contributed by atoms with E-state index in [2.05, 4.69) is 22.8 Å². The number of rotatable bonds is 5. The van der Waals surface area contributed by atoms with Crippen LogP contribution in [0.3, 0.4) is 0 Å². The lowest BCUT2D eigenvalue weighted by molar-refractivity contribution is -0.122. The second-order valence-electron chi connectivity index (χ2n) is 6.61. The van der Waals surface area contributed by atoms with Gasteiger partial charge in [-0.05, 0) is 30.5 Å². The van der Waals surface area contributed by atoms with Crippen molar-refractivity contribution in [2.45, 2.75) is 30.7 Å². The van der Waals surface area contributed by atoms with E-state index in [1.54, 1.807) is 0 Å². The first-order valence-corrected chi connectivity index (χ1v) is 10.1. The van der Waals surface area contributed by atoms with E-state index in [4.69, 9.17) is 16.3 Å². The van der Waals surface area contributed by atoms with Crippen LogP contribution >= 0.6 is 23.4 Å². The number of thioether (sulfide) groups is 1. The quantitative estimate of drug-likeness (QED) is 0.838. The highest BCUT2D eigenvalue weighted by atomic mass is 35.5. The maximum Gasteiger partial charge on any atom is 0.221 e. The van der Waals surface area contributed by atoms with E-state index in [0.717, 1.165) is 49.1 Å². The first-order chi connectivity index (χ1) is 11.7. The van der Waals surface area contributed by atoms with Gasteiger partial charge < -0.3 is 15.4 Å². The Morgan fingerprint density at radius 2 is 2.08 bits per heavy atom. The van der Waals surface area contributed by atoms with Crippen molar-refractivity contribution < 1.29 is 9.53 Å². The standard InChI is InChI=1S/C18H25ClN2O2S/c19-15-3-1-14(2-4-15)18(5-8-23-9-6-18)13-21-17(22)11-16-12-24-10-7-20-16/h1-4,16,20H,5-13H2,(H,21,22). The average Bonchev–Trinajstić information content (AvgIpc) is 2.62. The van der Waals surface area contributed by atoms with Crippen molar-refractivity contribution in [2.24, 2.45) is 0 Å². The molecule has 1 aromatic carbocycles. The summed E-state index contributed by atoms with van der Waals surface area (Å²) in [5.41, 5.74) is 1.19. The van der Waals surface area contributed by atoms with Gasteiger partial charge in [-0.2, -0.15) is 11.8 Å². The number of benzene rings is 1. The smallest absolute Gasteiger partial charge is 0.221 e. The maximum absolute atomic E-state index is 12.4. The molecule has 0 bridgehead atoms. The van der Waals surface area contributed by atoms with Gasteiger partial charge in [-0.15, -0.1) is 0 Å². The predicted octanol–water partition coefficient (Wildman–Crippen LogP) is 2.60. The zero-order valence-corrected chi connectivity index (χ0v) is 15.4. The summed E-state index contributed by atoms with van der Waals surface area (Å²) in [5, 5.41) is 7.34. The number of amides is 1. The van der Waals surface area contributed by atoms with Crippen LogP contribution in [0, 0.1) is 0 Å². The van der Waals surface area contributed by atoms with E-state index in [1.807, 2.05) is 23.9 Å². The largest absolute Gasteiger partial charge is 0.381 e. The van der Waals surface area contributed by atoms with Crippen LogP contribution in [0.1, 0.15) is 24.8 Å². The van der Waals surface area contributed by atoms with E-state index in [-0.39, 0.29) is 11.3 Å². The molecule has 1 unspecified atom stereocenters. The van der Waals surface area contributed by atoms with Crippen molar-refractivity contribution in [3.05, 3.63) is 34.9 Å². The lowest BCUT2D eigenvalue weighted by Gasteiger charge is -2.38. The van der Waals surface area contributed by atoms with Crippen molar-refractivity contribution in [3.63, 3.8) is 0 Å². The van der Waals surface area contributed by atoms with Crippen LogP contribution < -0.4 is 10.6 Å². The lowest BCUT2D eigenvalue weighted by atomic mass is 9.74. The fourth-order valence-corrected chi connectivity index (χ4v) is 4.52. The van der Waals surface area contributed by atoms with Crippen LogP contribution in [0.15, 0.2) is 24.3 Å². The normalized spacial score (nSPS) is 23.6. The number of carbonyl (C=O) groups excluding carboxylic acids is 1. The zero-order valence-electron chi connectivity index (χ0n) is 13.9. The molecule has 3 rings (SSSR count). The Kier molecular flexibility index (Phi) is 6.44. The van der Waals surface area contributed by atoms with Crippen LogP contribution in [0.5, 0.6) is 0 Å². The summed E-state index contributed by atoms with van der Waals surface area (Å²) in [6.45, 7) is 3.13. The molecule has 2 aliphatic rings. The summed E-state index contributed by atoms with van der Waals surface area (Å²) in [7, 11) is 0. The van der Waals surface area contributed by atoms with Gasteiger partial charge in [0, 0.05) is 60.7 Å². The molecule has 2 N–H and O–H groups in total. The Hall–Kier alpha value is -0.750. The molecule has 0 spiro atoms. The van der Waals surface area contributed by atoms with Gasteiger partial charge in [0.15, 0.2) is 0 Å². The van der Waals surface area contributed by atoms with Gasteiger partial charge in [0.25, 0.3) is 0 Å². The number of ether oxygens (including phenoxy) is 1. The molecule has 2 saturated heterocycles. The lowest BCUT2D eigenvalue weighted by Crippen LogP contribution is -2.47. The van der Waals surface area contributed by atoms with Gasteiger partial charge in [-0.25, -0.2) is 0 Å². The summed E-state index contributed by atoms with van der Waals surface area (Å²) in [6, 6.07) is 8.32. The van der Waals surface area contributed by atoms with Gasteiger partial charge in [0.05, 0.1) is 0 Å². The van der Waals surface area contributed by atoms with E-state index >= 15 is 0 Å². The van der Waals surface area contributed by atoms with E-state index in [0.29, 0.717) is 19.0 Å². The zero-order chi connectivity index (χ0) is 16.8. The van der Waals surface area contributed by atoms with Crippen molar-refractivity contribution in [1.29, 1.82) is 0 Å². The Bertz CT molecular complexity index is 540. The Balaban J connectivity index is 1.61. The molecule has 1 amide bonds. The predicted molar refractivity (Wildman–Crippen MR) is 99.9 cm³/mol. The third-order valence-electron chi connectivity index (χ3n) is 4.96. The summed E-state index contributed by atoms with van der Waals surface area (Å²) in [6.07, 6.45) is 2.40. The van der Waals surface area contributed by atoms with E-state index in [1.165, 1.54) is 5.56 Å². The van der Waals surface area contributed by atoms with Crippen LogP contribution in [-0.4, -0.2) is 49.8 Å². The van der Waals surface area contributed by atoms with Gasteiger partial charge >= 0.3 is 0 Å². The maximum atomic E-state index is 12.4. The average molecular weight is 369 g/mol. The molecule has 2 aliphatic heterocycles. The summed E-state index contributed by atoms with van der Waals surface area (Å²) in [4.78, 5) is 12.4. The first kappa shape index (κ1) is 18.1. The van der Waals surface area contributed by atoms with Crippen molar-refractivity contribution in [1.82, 2.24) is 10.6 Å². The van der Waals surface area contributed by atoms with Crippen LogP contribution in [-0.2, 0) is 14.9 Å². The van der Waals surface area contributed by atoms with Crippen molar-refractivity contribution in [3.8, 4) is 0 Å². The molecule has 0 aromatic heterocycles. The molecule has 6 heteroatoms. The monoisotopic (exact) mass is 368 g/mol. The van der Waals surface area contributed by atoms with Crippen molar-refractivity contribution >= 4 is 29.3 Å². The highest BCUT2D eigenvalue weighted by Gasteiger charge is 2.35. The molecule has 4 nitrogen and oxygen atoms in total. The highest BCUT2D eigenvalue weighted by molar-refractivity contribution is 7.99. The Morgan fingerprint density at radius 3 is 2.75 bits per heavy atom. The molecule has 1 atom stereocenters. The topological polar surface area (TPSA) is 50.4 Å². The first-order valence-electron chi connectivity index (χ1n) is 8.60. The molecule has 132 valence electrons. The minimum atomic E-state index is -0.0484. The molecule has 2 fully saturated rings. The molecule has 24 heavy (non-hydrogen) atoms. The number of hydrogen-bond acceptors (Lipinski definition) is 4. The number of carbonyl (C=O) groups is 1. The molecule has 1 aromatic rings. The van der Waals surface area contributed by atoms with Crippen molar-refractivity contribution in [2.75, 3.05) is 37.8 Å². The summed E-state index contributed by atoms with van der Waals surface area (Å²) < 4.78 is 5.55. The van der Waals surface area contributed by atoms with Gasteiger partial charge in [0.2, 0.25) is 5.91 Å². The number of hydrogen-bond donors (Lipinski definition) is 2. The van der Waals surface area contributed by atoms with Gasteiger partial charge in [-0.3, -0.25) is 4.79 Å². The highest BCUT2D eigenvalue weighted by Crippen LogP contribution is 2.35. The molecular formula is C18H25ClN2O2S. The minimum Gasteiger partial charge on any atom is -0.381 e. The molecule has 2 heterocycles. The third kappa shape index (κ3) is 4.66. The van der Waals surface area contributed by atoms with E-state index in [9.17, 15) is 4.79 Å². The third-order valence-corrected chi connectivity index (χ3v) is 6.34. The Labute approximate surface area is 153 Å². The molecule has 0 saturated carbocycles. The molecule has 0 aliphatic carbocycles. The number of nitrogens with one attached hydrogen (secondary N) is 2. The van der Waals surface area contributed by atoms with Gasteiger partial charge in [-0.1, -0.05) is 23.7 Å². The van der Waals surface area contributed by atoms with Crippen LogP contribution in [0.25, 0.3) is 0 Å². The fourth-order valence-electron chi connectivity index (χ4n) is 3.45. The SMILES string of the molecule is O=C(CC1CSCCN1)NCC1(c2ccc(Cl)cc2)CCOCC1. The second kappa shape index (κ2) is 8.56.